The summed E-state index contributed by atoms with van der Waals surface area (Å²) < 4.78 is 0. The fraction of sp³-hybridized carbons (Fsp3) is 0.100. The fourth-order valence-electron chi connectivity index (χ4n) is 2.63. The molecule has 1 heterocycles. The Morgan fingerprint density at radius 3 is 2.23 bits per heavy atom. The van der Waals surface area contributed by atoms with E-state index >= 15 is 0 Å². The second-order valence-electron chi connectivity index (χ2n) is 5.84. The molecule has 2 aromatic carbocycles. The zero-order valence-electron chi connectivity index (χ0n) is 13.9. The molecule has 6 nitrogen and oxygen atoms in total. The molecule has 3 rings (SSSR count). The van der Waals surface area contributed by atoms with Crippen LogP contribution in [-0.4, -0.2) is 31.1 Å². The molecule has 1 amide bonds. The number of hydrogen-bond donors (Lipinski definition) is 3. The molecule has 0 radical (unpaired) electrons. The summed E-state index contributed by atoms with van der Waals surface area (Å²) in [6, 6.07) is 15.5. The summed E-state index contributed by atoms with van der Waals surface area (Å²) in [6.45, 7) is 0.596. The van der Waals surface area contributed by atoms with Gasteiger partial charge in [0.05, 0.1) is 5.56 Å². The highest BCUT2D eigenvalue weighted by atomic mass is 16.3. The molecule has 6 heteroatoms. The minimum Gasteiger partial charge on any atom is -0.504 e. The Hall–Kier alpha value is -3.54. The average Bonchev–Trinajstić information content (AvgIpc) is 2.67. The molecule has 0 aliphatic rings. The van der Waals surface area contributed by atoms with Crippen LogP contribution in [0.15, 0.2) is 67.0 Å². The largest absolute Gasteiger partial charge is 0.504 e. The molecule has 0 unspecified atom stereocenters. The molecule has 0 saturated carbocycles. The number of benzene rings is 2. The van der Waals surface area contributed by atoms with Crippen LogP contribution in [0.3, 0.4) is 0 Å². The summed E-state index contributed by atoms with van der Waals surface area (Å²) in [5.74, 6) is -2.30. The highest BCUT2D eigenvalue weighted by molar-refractivity contribution is 5.98. The molecule has 0 bridgehead atoms. The van der Waals surface area contributed by atoms with Crippen molar-refractivity contribution >= 4 is 5.91 Å². The van der Waals surface area contributed by atoms with E-state index in [1.54, 1.807) is 18.5 Å². The summed E-state index contributed by atoms with van der Waals surface area (Å²) in [5, 5.41) is 29.2. The summed E-state index contributed by atoms with van der Waals surface area (Å²) >= 11 is 0. The van der Waals surface area contributed by atoms with Crippen LogP contribution in [-0.2, 0) is 13.1 Å². The van der Waals surface area contributed by atoms with Gasteiger partial charge in [0.25, 0.3) is 5.91 Å². The molecule has 3 N–H and O–H groups in total. The Labute approximate surface area is 150 Å². The van der Waals surface area contributed by atoms with Crippen molar-refractivity contribution in [2.75, 3.05) is 0 Å². The lowest BCUT2D eigenvalue weighted by molar-refractivity contribution is 0.0726. The SMILES string of the molecule is O=C(c1ccc(O)c(O)c1O)N(Cc1ccccc1)Cc1cccnc1. The maximum absolute atomic E-state index is 13.0. The van der Waals surface area contributed by atoms with Crippen LogP contribution >= 0.6 is 0 Å². The number of phenols is 3. The monoisotopic (exact) mass is 350 g/mol. The lowest BCUT2D eigenvalue weighted by Gasteiger charge is -2.23. The third kappa shape index (κ3) is 3.75. The van der Waals surface area contributed by atoms with Gasteiger partial charge in [-0.25, -0.2) is 0 Å². The van der Waals surface area contributed by atoms with E-state index in [0.29, 0.717) is 6.54 Å². The number of rotatable bonds is 5. The summed E-state index contributed by atoms with van der Waals surface area (Å²) in [7, 11) is 0. The number of carbonyl (C=O) groups excluding carboxylic acids is 1. The van der Waals surface area contributed by atoms with Crippen molar-refractivity contribution in [2.24, 2.45) is 0 Å². The van der Waals surface area contributed by atoms with Gasteiger partial charge in [-0.15, -0.1) is 0 Å². The first-order valence-electron chi connectivity index (χ1n) is 8.02. The number of pyridine rings is 1. The van der Waals surface area contributed by atoms with Crippen LogP contribution in [0.25, 0.3) is 0 Å². The Balaban J connectivity index is 1.94. The van der Waals surface area contributed by atoms with Gasteiger partial charge >= 0.3 is 0 Å². The van der Waals surface area contributed by atoms with Gasteiger partial charge in [-0.3, -0.25) is 9.78 Å². The highest BCUT2D eigenvalue weighted by Gasteiger charge is 2.23. The molecular weight excluding hydrogens is 332 g/mol. The lowest BCUT2D eigenvalue weighted by atomic mass is 10.1. The number of hydrogen-bond acceptors (Lipinski definition) is 5. The maximum Gasteiger partial charge on any atom is 0.258 e. The van der Waals surface area contributed by atoms with Gasteiger partial charge < -0.3 is 20.2 Å². The second kappa shape index (κ2) is 7.57. The number of nitrogens with zero attached hydrogens (tertiary/aromatic N) is 2. The van der Waals surface area contributed by atoms with E-state index in [4.69, 9.17) is 0 Å². The first kappa shape index (κ1) is 17.3. The molecule has 3 aromatic rings. The van der Waals surface area contributed by atoms with Gasteiger partial charge in [0.1, 0.15) is 0 Å². The van der Waals surface area contributed by atoms with E-state index in [1.165, 1.54) is 17.0 Å². The second-order valence-corrected chi connectivity index (χ2v) is 5.84. The van der Waals surface area contributed by atoms with Crippen LogP contribution < -0.4 is 0 Å². The Kier molecular flexibility index (Phi) is 5.03. The van der Waals surface area contributed by atoms with Crippen molar-refractivity contribution in [3.8, 4) is 17.2 Å². The minimum absolute atomic E-state index is 0.0832. The smallest absolute Gasteiger partial charge is 0.258 e. The van der Waals surface area contributed by atoms with Crippen molar-refractivity contribution in [3.05, 3.63) is 83.7 Å². The van der Waals surface area contributed by atoms with Crippen LogP contribution in [0.1, 0.15) is 21.5 Å². The summed E-state index contributed by atoms with van der Waals surface area (Å²) in [6.07, 6.45) is 3.32. The van der Waals surface area contributed by atoms with Gasteiger partial charge in [0, 0.05) is 25.5 Å². The van der Waals surface area contributed by atoms with E-state index < -0.39 is 23.2 Å². The molecule has 0 fully saturated rings. The molecule has 0 aliphatic heterocycles. The van der Waals surface area contributed by atoms with Crippen molar-refractivity contribution in [1.82, 2.24) is 9.88 Å². The number of aromatic hydroxyl groups is 3. The van der Waals surface area contributed by atoms with Crippen LogP contribution in [0.5, 0.6) is 17.2 Å². The first-order valence-corrected chi connectivity index (χ1v) is 8.02. The van der Waals surface area contributed by atoms with Gasteiger partial charge in [0.2, 0.25) is 5.75 Å². The lowest BCUT2D eigenvalue weighted by Crippen LogP contribution is -2.30. The average molecular weight is 350 g/mol. The normalized spacial score (nSPS) is 10.5. The minimum atomic E-state index is -0.711. The van der Waals surface area contributed by atoms with Crippen LogP contribution in [0.2, 0.25) is 0 Å². The molecule has 26 heavy (non-hydrogen) atoms. The van der Waals surface area contributed by atoms with E-state index in [-0.39, 0.29) is 12.1 Å². The topological polar surface area (TPSA) is 93.9 Å². The molecule has 0 aliphatic carbocycles. The van der Waals surface area contributed by atoms with Gasteiger partial charge in [-0.2, -0.15) is 0 Å². The van der Waals surface area contributed by atoms with Crippen LogP contribution in [0, 0.1) is 0 Å². The van der Waals surface area contributed by atoms with E-state index in [2.05, 4.69) is 4.98 Å². The number of amides is 1. The number of carbonyl (C=O) groups is 1. The Morgan fingerprint density at radius 2 is 1.54 bits per heavy atom. The Bertz CT molecular complexity index is 857. The van der Waals surface area contributed by atoms with Gasteiger partial charge in [0.15, 0.2) is 11.5 Å². The zero-order valence-corrected chi connectivity index (χ0v) is 13.9. The third-order valence-electron chi connectivity index (χ3n) is 3.96. The van der Waals surface area contributed by atoms with Crippen molar-refractivity contribution < 1.29 is 20.1 Å². The molecule has 132 valence electrons. The summed E-state index contributed by atoms with van der Waals surface area (Å²) in [5.41, 5.74) is 1.67. The molecule has 0 spiro atoms. The number of aromatic nitrogens is 1. The Morgan fingerprint density at radius 1 is 0.846 bits per heavy atom. The standard InChI is InChI=1S/C20H18N2O4/c23-17-9-8-16(18(24)19(17)25)20(26)22(12-14-5-2-1-3-6-14)13-15-7-4-10-21-11-15/h1-11,23-25H,12-13H2. The fourth-order valence-corrected chi connectivity index (χ4v) is 2.63. The highest BCUT2D eigenvalue weighted by Crippen LogP contribution is 2.37. The van der Waals surface area contributed by atoms with E-state index in [0.717, 1.165) is 11.1 Å². The van der Waals surface area contributed by atoms with Crippen molar-refractivity contribution in [3.63, 3.8) is 0 Å². The van der Waals surface area contributed by atoms with Gasteiger partial charge in [-0.1, -0.05) is 36.4 Å². The first-order chi connectivity index (χ1) is 12.6. The van der Waals surface area contributed by atoms with Crippen LogP contribution in [0.4, 0.5) is 0 Å². The summed E-state index contributed by atoms with van der Waals surface area (Å²) in [4.78, 5) is 18.6. The third-order valence-corrected chi connectivity index (χ3v) is 3.96. The molecule has 0 saturated heterocycles. The van der Waals surface area contributed by atoms with Crippen molar-refractivity contribution in [2.45, 2.75) is 13.1 Å². The zero-order chi connectivity index (χ0) is 18.5. The van der Waals surface area contributed by atoms with Gasteiger partial charge in [-0.05, 0) is 29.3 Å². The van der Waals surface area contributed by atoms with Crippen molar-refractivity contribution in [1.29, 1.82) is 0 Å². The predicted octanol–water partition coefficient (Wildman–Crippen LogP) is 3.04. The number of phenolic OH excluding ortho intramolecular Hbond substituents is 3. The van der Waals surface area contributed by atoms with E-state index in [9.17, 15) is 20.1 Å². The molecule has 0 atom stereocenters. The van der Waals surface area contributed by atoms with E-state index in [1.807, 2.05) is 36.4 Å². The quantitative estimate of drug-likeness (QED) is 0.615. The predicted molar refractivity (Wildman–Crippen MR) is 95.7 cm³/mol. The molecular formula is C20H18N2O4. The molecule has 1 aromatic heterocycles. The maximum atomic E-state index is 13.0.